The zero-order valence-corrected chi connectivity index (χ0v) is 19.2. The Morgan fingerprint density at radius 3 is 2.25 bits per heavy atom. The van der Waals surface area contributed by atoms with Crippen molar-refractivity contribution in [2.45, 2.75) is 45.5 Å². The van der Waals surface area contributed by atoms with Gasteiger partial charge in [0.2, 0.25) is 0 Å². The molecule has 6 nitrogen and oxygen atoms in total. The number of hydrogen-bond acceptors (Lipinski definition) is 6. The molecule has 1 aromatic heterocycles. The summed E-state index contributed by atoms with van der Waals surface area (Å²) >= 11 is 0. The lowest BCUT2D eigenvalue weighted by Gasteiger charge is -2.32. The van der Waals surface area contributed by atoms with E-state index >= 15 is 0 Å². The molecule has 0 unspecified atom stereocenters. The third kappa shape index (κ3) is 4.90. The van der Waals surface area contributed by atoms with E-state index in [2.05, 4.69) is 10.3 Å². The number of aromatic nitrogens is 1. The van der Waals surface area contributed by atoms with Gasteiger partial charge in [-0.25, -0.2) is 0 Å². The minimum atomic E-state index is -0.487. The first-order valence-corrected chi connectivity index (χ1v) is 10.7. The maximum atomic E-state index is 6.27. The van der Waals surface area contributed by atoms with Gasteiger partial charge in [-0.05, 0) is 75.1 Å². The Morgan fingerprint density at radius 1 is 0.906 bits per heavy atom. The fourth-order valence-corrected chi connectivity index (χ4v) is 3.38. The molecule has 0 aliphatic carbocycles. The van der Waals surface area contributed by atoms with Gasteiger partial charge >= 0.3 is 7.12 Å². The maximum absolute atomic E-state index is 6.27. The summed E-state index contributed by atoms with van der Waals surface area (Å²) in [6.45, 7) is 8.62. The van der Waals surface area contributed by atoms with Crippen molar-refractivity contribution in [2.75, 3.05) is 12.4 Å². The fraction of sp³-hybridized carbons (Fsp3) is 0.320. The monoisotopic (exact) mass is 432 g/mol. The molecule has 0 radical (unpaired) electrons. The molecular formula is C25H29BN2O4. The molecule has 0 spiro atoms. The van der Waals surface area contributed by atoms with Gasteiger partial charge in [0.25, 0.3) is 0 Å². The molecule has 7 heteroatoms. The third-order valence-electron chi connectivity index (χ3n) is 5.97. The van der Waals surface area contributed by atoms with E-state index in [1.807, 2.05) is 82.3 Å². The standard InChI is InChI=1S/C25H29BN2O4/c1-24(2)25(3,4)32-26(31-24)19-13-21(28-20-7-6-12-27-16-20)15-23(14-19)30-17-18-8-10-22(29-5)11-9-18/h6-16,28H,17H2,1-5H3. The lowest BCUT2D eigenvalue weighted by molar-refractivity contribution is 0.00578. The van der Waals surface area contributed by atoms with Crippen LogP contribution >= 0.6 is 0 Å². The first-order valence-electron chi connectivity index (χ1n) is 10.7. The molecule has 0 atom stereocenters. The molecule has 1 fully saturated rings. The number of hydrogen-bond donors (Lipinski definition) is 1. The summed E-state index contributed by atoms with van der Waals surface area (Å²) in [6.07, 6.45) is 3.52. The molecule has 2 heterocycles. The lowest BCUT2D eigenvalue weighted by Crippen LogP contribution is -2.41. The fourth-order valence-electron chi connectivity index (χ4n) is 3.38. The van der Waals surface area contributed by atoms with E-state index in [0.29, 0.717) is 6.61 Å². The quantitative estimate of drug-likeness (QED) is 0.546. The number of anilines is 2. The second kappa shape index (κ2) is 8.84. The first-order chi connectivity index (χ1) is 15.3. The van der Waals surface area contributed by atoms with Crippen LogP contribution in [-0.2, 0) is 15.9 Å². The molecule has 32 heavy (non-hydrogen) atoms. The van der Waals surface area contributed by atoms with Gasteiger partial charge in [0, 0.05) is 18.0 Å². The summed E-state index contributed by atoms with van der Waals surface area (Å²) in [5.74, 6) is 1.54. The summed E-state index contributed by atoms with van der Waals surface area (Å²) in [5.41, 5.74) is 2.86. The first kappa shape index (κ1) is 22.2. The highest BCUT2D eigenvalue weighted by molar-refractivity contribution is 6.62. The Kier molecular flexibility index (Phi) is 6.13. The Balaban J connectivity index is 1.59. The number of nitrogens with one attached hydrogen (secondary N) is 1. The Morgan fingerprint density at radius 2 is 1.62 bits per heavy atom. The Bertz CT molecular complexity index is 1040. The van der Waals surface area contributed by atoms with Crippen molar-refractivity contribution in [3.63, 3.8) is 0 Å². The molecule has 4 rings (SSSR count). The van der Waals surface area contributed by atoms with Gasteiger partial charge in [-0.2, -0.15) is 0 Å². The summed E-state index contributed by atoms with van der Waals surface area (Å²) in [6, 6.07) is 17.6. The van der Waals surface area contributed by atoms with E-state index in [1.54, 1.807) is 19.5 Å². The molecule has 2 aromatic carbocycles. The van der Waals surface area contributed by atoms with Crippen LogP contribution in [0.15, 0.2) is 67.0 Å². The molecule has 1 N–H and O–H groups in total. The molecular weight excluding hydrogens is 403 g/mol. The van der Waals surface area contributed by atoms with Crippen LogP contribution in [0.5, 0.6) is 11.5 Å². The van der Waals surface area contributed by atoms with Crippen LogP contribution in [0.4, 0.5) is 11.4 Å². The maximum Gasteiger partial charge on any atom is 0.495 e. The average Bonchev–Trinajstić information content (AvgIpc) is 3.00. The van der Waals surface area contributed by atoms with Crippen molar-refractivity contribution in [1.82, 2.24) is 4.98 Å². The van der Waals surface area contributed by atoms with Gasteiger partial charge in [-0.15, -0.1) is 0 Å². The summed E-state index contributed by atoms with van der Waals surface area (Å²) in [7, 11) is 1.17. The van der Waals surface area contributed by atoms with Crippen molar-refractivity contribution in [3.05, 3.63) is 72.6 Å². The summed E-state index contributed by atoms with van der Waals surface area (Å²) < 4.78 is 23.9. The predicted molar refractivity (Wildman–Crippen MR) is 127 cm³/mol. The van der Waals surface area contributed by atoms with Gasteiger partial charge in [-0.1, -0.05) is 12.1 Å². The molecule has 3 aromatic rings. The number of ether oxygens (including phenoxy) is 2. The molecule has 1 aliphatic rings. The zero-order valence-electron chi connectivity index (χ0n) is 19.2. The highest BCUT2D eigenvalue weighted by Gasteiger charge is 2.51. The molecule has 1 aliphatic heterocycles. The molecule has 0 bridgehead atoms. The van der Waals surface area contributed by atoms with Crippen LogP contribution in [0.2, 0.25) is 0 Å². The normalized spacial score (nSPS) is 16.6. The highest BCUT2D eigenvalue weighted by atomic mass is 16.7. The molecule has 166 valence electrons. The topological polar surface area (TPSA) is 61.8 Å². The van der Waals surface area contributed by atoms with E-state index in [9.17, 15) is 0 Å². The number of pyridine rings is 1. The second-order valence-corrected chi connectivity index (χ2v) is 8.88. The van der Waals surface area contributed by atoms with Crippen LogP contribution in [0.3, 0.4) is 0 Å². The van der Waals surface area contributed by atoms with Gasteiger partial charge < -0.3 is 24.1 Å². The average molecular weight is 432 g/mol. The van der Waals surface area contributed by atoms with Crippen molar-refractivity contribution in [2.24, 2.45) is 0 Å². The van der Waals surface area contributed by atoms with Crippen LogP contribution in [-0.4, -0.2) is 30.4 Å². The van der Waals surface area contributed by atoms with Crippen LogP contribution in [0, 0.1) is 0 Å². The molecule has 1 saturated heterocycles. The molecule has 0 saturated carbocycles. The zero-order chi connectivity index (χ0) is 22.8. The van der Waals surface area contributed by atoms with Crippen LogP contribution in [0.1, 0.15) is 33.3 Å². The van der Waals surface area contributed by atoms with Gasteiger partial charge in [-0.3, -0.25) is 4.98 Å². The minimum absolute atomic E-state index is 0.422. The van der Waals surface area contributed by atoms with Crippen molar-refractivity contribution in [1.29, 1.82) is 0 Å². The smallest absolute Gasteiger partial charge is 0.495 e. The SMILES string of the molecule is COc1ccc(COc2cc(Nc3cccnc3)cc(B3OC(C)(C)C(C)(C)O3)c2)cc1. The van der Waals surface area contributed by atoms with E-state index in [0.717, 1.165) is 33.9 Å². The Labute approximate surface area is 190 Å². The van der Waals surface area contributed by atoms with Crippen molar-refractivity contribution >= 4 is 24.0 Å². The lowest BCUT2D eigenvalue weighted by atomic mass is 9.78. The van der Waals surface area contributed by atoms with Crippen molar-refractivity contribution in [3.8, 4) is 11.5 Å². The number of benzene rings is 2. The molecule has 0 amide bonds. The van der Waals surface area contributed by atoms with Gasteiger partial charge in [0.05, 0.1) is 30.2 Å². The van der Waals surface area contributed by atoms with Crippen LogP contribution < -0.4 is 20.3 Å². The number of rotatable bonds is 7. The van der Waals surface area contributed by atoms with Crippen molar-refractivity contribution < 1.29 is 18.8 Å². The van der Waals surface area contributed by atoms with E-state index in [-0.39, 0.29) is 0 Å². The minimum Gasteiger partial charge on any atom is -0.497 e. The van der Waals surface area contributed by atoms with E-state index < -0.39 is 18.3 Å². The third-order valence-corrected chi connectivity index (χ3v) is 5.97. The van der Waals surface area contributed by atoms with E-state index in [4.69, 9.17) is 18.8 Å². The summed E-state index contributed by atoms with van der Waals surface area (Å²) in [4.78, 5) is 4.18. The highest BCUT2D eigenvalue weighted by Crippen LogP contribution is 2.37. The van der Waals surface area contributed by atoms with Crippen LogP contribution in [0.25, 0.3) is 0 Å². The summed E-state index contributed by atoms with van der Waals surface area (Å²) in [5, 5.41) is 3.39. The van der Waals surface area contributed by atoms with Gasteiger partial charge in [0.15, 0.2) is 0 Å². The predicted octanol–water partition coefficient (Wildman–Crippen LogP) is 4.71. The number of nitrogens with zero attached hydrogens (tertiary/aromatic N) is 1. The second-order valence-electron chi connectivity index (χ2n) is 8.88. The largest absolute Gasteiger partial charge is 0.497 e. The van der Waals surface area contributed by atoms with Gasteiger partial charge in [0.1, 0.15) is 18.1 Å². The Hall–Kier alpha value is -3.03. The number of methoxy groups -OCH3 is 1. The van der Waals surface area contributed by atoms with E-state index in [1.165, 1.54) is 0 Å².